The van der Waals surface area contributed by atoms with Crippen LogP contribution >= 0.6 is 0 Å². The zero-order valence-corrected chi connectivity index (χ0v) is 9.56. The quantitative estimate of drug-likeness (QED) is 0.738. The molecule has 0 amide bonds. The van der Waals surface area contributed by atoms with Crippen LogP contribution in [-0.2, 0) is 0 Å². The molecular formula is C13H15NO2. The lowest BCUT2D eigenvalue weighted by atomic mass is 10.2. The third-order valence-electron chi connectivity index (χ3n) is 2.78. The first-order valence-corrected chi connectivity index (χ1v) is 5.53. The van der Waals surface area contributed by atoms with Crippen LogP contribution in [0.3, 0.4) is 0 Å². The molecule has 0 aliphatic heterocycles. The number of fused-ring (bicyclic) bond motifs is 1. The highest BCUT2D eigenvalue weighted by Crippen LogP contribution is 2.30. The summed E-state index contributed by atoms with van der Waals surface area (Å²) in [6.07, 6.45) is 0.874. The van der Waals surface area contributed by atoms with Crippen LogP contribution in [0.5, 0.6) is 0 Å². The van der Waals surface area contributed by atoms with Crippen LogP contribution in [0, 0.1) is 0 Å². The number of rotatable bonds is 4. The highest BCUT2D eigenvalue weighted by Gasteiger charge is 2.16. The van der Waals surface area contributed by atoms with Crippen molar-refractivity contribution >= 4 is 23.1 Å². The monoisotopic (exact) mass is 217 g/mol. The zero-order valence-electron chi connectivity index (χ0n) is 9.56. The summed E-state index contributed by atoms with van der Waals surface area (Å²) in [7, 11) is 0. The molecule has 1 aromatic carbocycles. The molecule has 0 atom stereocenters. The van der Waals surface area contributed by atoms with Gasteiger partial charge >= 0.3 is 0 Å². The van der Waals surface area contributed by atoms with Gasteiger partial charge in [-0.15, -0.1) is 0 Å². The van der Waals surface area contributed by atoms with E-state index in [1.807, 2.05) is 43.0 Å². The molecule has 16 heavy (non-hydrogen) atoms. The van der Waals surface area contributed by atoms with Gasteiger partial charge in [-0.25, -0.2) is 0 Å². The second kappa shape index (κ2) is 4.39. The Morgan fingerprint density at radius 1 is 1.25 bits per heavy atom. The number of aldehydes is 1. The lowest BCUT2D eigenvalue weighted by Crippen LogP contribution is -2.22. The average molecular weight is 217 g/mol. The smallest absolute Gasteiger partial charge is 0.207 e. The summed E-state index contributed by atoms with van der Waals surface area (Å²) < 4.78 is 5.73. The Bertz CT molecular complexity index is 498. The van der Waals surface area contributed by atoms with Gasteiger partial charge in [0.05, 0.1) is 5.56 Å². The topological polar surface area (TPSA) is 33.5 Å². The Hall–Kier alpha value is -1.77. The second-order valence-corrected chi connectivity index (χ2v) is 3.61. The van der Waals surface area contributed by atoms with Gasteiger partial charge in [-0.1, -0.05) is 18.2 Å². The molecule has 2 aromatic rings. The highest BCUT2D eigenvalue weighted by molar-refractivity contribution is 6.01. The minimum Gasteiger partial charge on any atom is -0.440 e. The maximum Gasteiger partial charge on any atom is 0.207 e. The fourth-order valence-electron chi connectivity index (χ4n) is 1.91. The molecule has 0 saturated carbocycles. The summed E-state index contributed by atoms with van der Waals surface area (Å²) in [5, 5.41) is 0.888. The first-order valence-electron chi connectivity index (χ1n) is 5.53. The molecule has 0 N–H and O–H groups in total. The molecule has 1 heterocycles. The number of anilines is 1. The van der Waals surface area contributed by atoms with Crippen LogP contribution in [-0.4, -0.2) is 19.4 Å². The van der Waals surface area contributed by atoms with Gasteiger partial charge in [0.1, 0.15) is 5.58 Å². The average Bonchev–Trinajstić information content (AvgIpc) is 2.69. The van der Waals surface area contributed by atoms with Crippen LogP contribution in [0.15, 0.2) is 28.7 Å². The molecule has 0 spiro atoms. The first-order chi connectivity index (χ1) is 7.81. The van der Waals surface area contributed by atoms with Gasteiger partial charge in [-0.05, 0) is 19.9 Å². The largest absolute Gasteiger partial charge is 0.440 e. The van der Waals surface area contributed by atoms with E-state index in [4.69, 9.17) is 4.42 Å². The number of furan rings is 1. The molecule has 3 heteroatoms. The molecular weight excluding hydrogens is 202 g/mol. The van der Waals surface area contributed by atoms with Gasteiger partial charge in [0.2, 0.25) is 5.88 Å². The van der Waals surface area contributed by atoms with E-state index in [0.29, 0.717) is 11.4 Å². The fraction of sp³-hybridized carbons (Fsp3) is 0.308. The zero-order chi connectivity index (χ0) is 11.5. The molecule has 0 saturated heterocycles. The third-order valence-corrected chi connectivity index (χ3v) is 2.78. The number of benzene rings is 1. The summed E-state index contributed by atoms with van der Waals surface area (Å²) in [6, 6.07) is 7.62. The van der Waals surface area contributed by atoms with E-state index >= 15 is 0 Å². The number of para-hydroxylation sites is 1. The van der Waals surface area contributed by atoms with Crippen molar-refractivity contribution in [3.63, 3.8) is 0 Å². The van der Waals surface area contributed by atoms with Crippen molar-refractivity contribution in [1.29, 1.82) is 0 Å². The van der Waals surface area contributed by atoms with Crippen molar-refractivity contribution in [2.24, 2.45) is 0 Å². The van der Waals surface area contributed by atoms with Gasteiger partial charge in [0, 0.05) is 18.5 Å². The minimum absolute atomic E-state index is 0.652. The van der Waals surface area contributed by atoms with Crippen molar-refractivity contribution in [1.82, 2.24) is 0 Å². The van der Waals surface area contributed by atoms with E-state index < -0.39 is 0 Å². The number of nitrogens with zero attached hydrogens (tertiary/aromatic N) is 1. The number of hydrogen-bond donors (Lipinski definition) is 0. The lowest BCUT2D eigenvalue weighted by molar-refractivity contribution is 0.112. The van der Waals surface area contributed by atoms with Crippen molar-refractivity contribution in [3.05, 3.63) is 29.8 Å². The molecule has 84 valence electrons. The molecule has 0 aliphatic rings. The molecule has 1 aromatic heterocycles. The van der Waals surface area contributed by atoms with Gasteiger partial charge in [0.15, 0.2) is 6.29 Å². The number of carbonyl (C=O) groups excluding carboxylic acids is 1. The van der Waals surface area contributed by atoms with E-state index in [0.717, 1.165) is 30.3 Å². The van der Waals surface area contributed by atoms with E-state index in [-0.39, 0.29) is 0 Å². The second-order valence-electron chi connectivity index (χ2n) is 3.61. The predicted octanol–water partition coefficient (Wildman–Crippen LogP) is 3.09. The van der Waals surface area contributed by atoms with Crippen molar-refractivity contribution in [2.45, 2.75) is 13.8 Å². The molecule has 3 nitrogen and oxygen atoms in total. The Balaban J connectivity index is 2.64. The molecule has 0 bridgehead atoms. The summed E-state index contributed by atoms with van der Waals surface area (Å²) in [6.45, 7) is 5.75. The maximum atomic E-state index is 11.2. The first kappa shape index (κ1) is 10.7. The molecule has 0 radical (unpaired) electrons. The van der Waals surface area contributed by atoms with Gasteiger partial charge in [0.25, 0.3) is 0 Å². The summed E-state index contributed by atoms with van der Waals surface area (Å²) in [5.74, 6) is 0.682. The van der Waals surface area contributed by atoms with Gasteiger partial charge in [-0.2, -0.15) is 0 Å². The number of hydrogen-bond acceptors (Lipinski definition) is 3. The van der Waals surface area contributed by atoms with E-state index in [2.05, 4.69) is 0 Å². The van der Waals surface area contributed by atoms with Crippen molar-refractivity contribution in [2.75, 3.05) is 18.0 Å². The van der Waals surface area contributed by atoms with E-state index in [9.17, 15) is 4.79 Å². The Kier molecular flexibility index (Phi) is 2.95. The molecule has 0 fully saturated rings. The third kappa shape index (κ3) is 1.58. The summed E-state index contributed by atoms with van der Waals surface area (Å²) >= 11 is 0. The van der Waals surface area contributed by atoms with Gasteiger partial charge < -0.3 is 9.32 Å². The summed E-state index contributed by atoms with van der Waals surface area (Å²) in [5.41, 5.74) is 1.42. The normalized spacial score (nSPS) is 10.6. The Morgan fingerprint density at radius 2 is 1.94 bits per heavy atom. The standard InChI is InChI=1S/C13H15NO2/c1-3-14(4-2)13-11(9-15)10-7-5-6-8-12(10)16-13/h5-9H,3-4H2,1-2H3. The Morgan fingerprint density at radius 3 is 2.56 bits per heavy atom. The molecule has 0 aliphatic carbocycles. The minimum atomic E-state index is 0.652. The molecule has 2 rings (SSSR count). The SMILES string of the molecule is CCN(CC)c1oc2ccccc2c1C=O. The molecule has 0 unspecified atom stereocenters. The Labute approximate surface area is 94.7 Å². The predicted molar refractivity (Wildman–Crippen MR) is 65.2 cm³/mol. The van der Waals surface area contributed by atoms with E-state index in [1.165, 1.54) is 0 Å². The van der Waals surface area contributed by atoms with Crippen molar-refractivity contribution in [3.8, 4) is 0 Å². The van der Waals surface area contributed by atoms with Crippen LogP contribution in [0.2, 0.25) is 0 Å². The maximum absolute atomic E-state index is 11.2. The fourth-order valence-corrected chi connectivity index (χ4v) is 1.91. The highest BCUT2D eigenvalue weighted by atomic mass is 16.4. The van der Waals surface area contributed by atoms with Crippen LogP contribution in [0.4, 0.5) is 5.88 Å². The van der Waals surface area contributed by atoms with Crippen LogP contribution < -0.4 is 4.90 Å². The van der Waals surface area contributed by atoms with Crippen molar-refractivity contribution < 1.29 is 9.21 Å². The van der Waals surface area contributed by atoms with E-state index in [1.54, 1.807) is 0 Å². The van der Waals surface area contributed by atoms with Crippen LogP contribution in [0.25, 0.3) is 11.0 Å². The lowest BCUT2D eigenvalue weighted by Gasteiger charge is -2.17. The van der Waals surface area contributed by atoms with Gasteiger partial charge in [-0.3, -0.25) is 4.79 Å². The summed E-state index contributed by atoms with van der Waals surface area (Å²) in [4.78, 5) is 13.2. The number of carbonyl (C=O) groups is 1. The van der Waals surface area contributed by atoms with Crippen LogP contribution in [0.1, 0.15) is 24.2 Å².